The fourth-order valence-electron chi connectivity index (χ4n) is 1.66. The van der Waals surface area contributed by atoms with Gasteiger partial charge in [0.25, 0.3) is 0 Å². The van der Waals surface area contributed by atoms with Crippen molar-refractivity contribution < 1.29 is 23.8 Å². The van der Waals surface area contributed by atoms with Crippen LogP contribution in [-0.2, 0) is 19.0 Å². The number of hydrogen-bond donors (Lipinski definition) is 0. The van der Waals surface area contributed by atoms with Gasteiger partial charge in [-0.15, -0.1) is 0 Å². The molecule has 0 heterocycles. The van der Waals surface area contributed by atoms with Crippen molar-refractivity contribution >= 4 is 12.1 Å². The maximum absolute atomic E-state index is 12.2. The first kappa shape index (κ1) is 19.7. The van der Waals surface area contributed by atoms with Gasteiger partial charge in [-0.25, -0.2) is 9.59 Å². The van der Waals surface area contributed by atoms with Crippen LogP contribution < -0.4 is 0 Å². The molecular formula is C15H29NO5. The first-order valence-electron chi connectivity index (χ1n) is 7.42. The highest BCUT2D eigenvalue weighted by Crippen LogP contribution is 2.14. The summed E-state index contributed by atoms with van der Waals surface area (Å²) >= 11 is 0. The van der Waals surface area contributed by atoms with E-state index in [1.807, 2.05) is 13.8 Å². The summed E-state index contributed by atoms with van der Waals surface area (Å²) in [6.45, 7) is 9.50. The molecule has 124 valence electrons. The van der Waals surface area contributed by atoms with Crippen molar-refractivity contribution in [3.05, 3.63) is 0 Å². The Morgan fingerprint density at radius 3 is 2.24 bits per heavy atom. The Hall–Kier alpha value is -1.30. The lowest BCUT2D eigenvalue weighted by Gasteiger charge is -2.31. The van der Waals surface area contributed by atoms with Crippen LogP contribution in [0.4, 0.5) is 4.79 Å². The molecule has 21 heavy (non-hydrogen) atoms. The van der Waals surface area contributed by atoms with E-state index in [0.29, 0.717) is 13.0 Å². The van der Waals surface area contributed by atoms with E-state index < -0.39 is 23.7 Å². The highest BCUT2D eigenvalue weighted by atomic mass is 16.6. The number of unbranched alkanes of at least 4 members (excludes halogenated alkanes) is 1. The first-order valence-corrected chi connectivity index (χ1v) is 7.42. The van der Waals surface area contributed by atoms with Crippen LogP contribution in [0.2, 0.25) is 0 Å². The molecule has 6 nitrogen and oxygen atoms in total. The lowest BCUT2D eigenvalue weighted by Crippen LogP contribution is -2.48. The summed E-state index contributed by atoms with van der Waals surface area (Å²) < 4.78 is 15.5. The molecule has 0 saturated carbocycles. The minimum atomic E-state index is -0.698. The van der Waals surface area contributed by atoms with E-state index in [9.17, 15) is 9.59 Å². The van der Waals surface area contributed by atoms with E-state index in [1.54, 1.807) is 20.8 Å². The third kappa shape index (κ3) is 7.90. The molecule has 1 atom stereocenters. The Labute approximate surface area is 127 Å². The summed E-state index contributed by atoms with van der Waals surface area (Å²) in [7, 11) is 1.46. The zero-order valence-electron chi connectivity index (χ0n) is 14.1. The second-order valence-corrected chi connectivity index (χ2v) is 5.81. The Morgan fingerprint density at radius 2 is 1.81 bits per heavy atom. The zero-order chi connectivity index (χ0) is 16.5. The third-order valence-corrected chi connectivity index (χ3v) is 2.67. The van der Waals surface area contributed by atoms with Crippen molar-refractivity contribution in [2.75, 3.05) is 20.4 Å². The van der Waals surface area contributed by atoms with Crippen LogP contribution in [0, 0.1) is 0 Å². The normalized spacial score (nSPS) is 12.7. The minimum Gasteiger partial charge on any atom is -0.464 e. The molecule has 0 fully saturated rings. The molecule has 0 aliphatic carbocycles. The van der Waals surface area contributed by atoms with Gasteiger partial charge in [0, 0.05) is 7.11 Å². The van der Waals surface area contributed by atoms with Crippen molar-refractivity contribution in [3.8, 4) is 0 Å². The highest BCUT2D eigenvalue weighted by Gasteiger charge is 2.32. The molecule has 1 amide bonds. The number of ether oxygens (including phenoxy) is 3. The van der Waals surface area contributed by atoms with Crippen LogP contribution in [0.5, 0.6) is 0 Å². The molecule has 0 aliphatic heterocycles. The van der Waals surface area contributed by atoms with Gasteiger partial charge in [-0.2, -0.15) is 0 Å². The quantitative estimate of drug-likeness (QED) is 0.392. The minimum absolute atomic E-state index is 0.0176. The maximum Gasteiger partial charge on any atom is 0.412 e. The molecular weight excluding hydrogens is 274 g/mol. The van der Waals surface area contributed by atoms with Crippen LogP contribution in [0.25, 0.3) is 0 Å². The predicted octanol–water partition coefficient (Wildman–Crippen LogP) is 2.95. The number of hydrogen-bond acceptors (Lipinski definition) is 5. The summed E-state index contributed by atoms with van der Waals surface area (Å²) in [5.74, 6) is -0.422. The van der Waals surface area contributed by atoms with Gasteiger partial charge in [-0.1, -0.05) is 20.3 Å². The van der Waals surface area contributed by atoms with Gasteiger partial charge in [0.1, 0.15) is 18.4 Å². The summed E-state index contributed by atoms with van der Waals surface area (Å²) in [4.78, 5) is 25.6. The molecule has 0 spiro atoms. The fourth-order valence-corrected chi connectivity index (χ4v) is 1.66. The van der Waals surface area contributed by atoms with Crippen LogP contribution in [0.1, 0.15) is 53.9 Å². The van der Waals surface area contributed by atoms with Crippen LogP contribution in [0.3, 0.4) is 0 Å². The van der Waals surface area contributed by atoms with E-state index in [1.165, 1.54) is 12.0 Å². The number of nitrogens with zero attached hydrogens (tertiary/aromatic N) is 1. The average Bonchev–Trinajstić information content (AvgIpc) is 2.36. The van der Waals surface area contributed by atoms with Crippen molar-refractivity contribution in [3.63, 3.8) is 0 Å². The second-order valence-electron chi connectivity index (χ2n) is 5.81. The molecule has 0 aromatic carbocycles. The van der Waals surface area contributed by atoms with Crippen molar-refractivity contribution in [2.45, 2.75) is 65.5 Å². The van der Waals surface area contributed by atoms with Gasteiger partial charge < -0.3 is 14.2 Å². The number of esters is 1. The molecule has 6 heteroatoms. The molecule has 0 unspecified atom stereocenters. The van der Waals surface area contributed by atoms with E-state index in [2.05, 4.69) is 0 Å². The van der Waals surface area contributed by atoms with Gasteiger partial charge in [-0.05, 0) is 33.6 Å². The average molecular weight is 303 g/mol. The Morgan fingerprint density at radius 1 is 1.19 bits per heavy atom. The number of amides is 1. The van der Waals surface area contributed by atoms with Crippen LogP contribution in [-0.4, -0.2) is 49.1 Å². The Balaban J connectivity index is 4.85. The summed E-state index contributed by atoms with van der Waals surface area (Å²) in [6, 6.07) is -0.698. The van der Waals surface area contributed by atoms with Crippen molar-refractivity contribution in [2.24, 2.45) is 0 Å². The Kier molecular flexibility index (Phi) is 9.01. The van der Waals surface area contributed by atoms with E-state index in [-0.39, 0.29) is 6.73 Å². The smallest absolute Gasteiger partial charge is 0.412 e. The van der Waals surface area contributed by atoms with Gasteiger partial charge >= 0.3 is 12.1 Å². The number of methoxy groups -OCH3 is 1. The van der Waals surface area contributed by atoms with E-state index in [4.69, 9.17) is 14.2 Å². The Bertz CT molecular complexity index is 325. The SMILES string of the molecule is CCCCOC(=O)[C@H](CC)N(COC)C(=O)OC(C)(C)C. The van der Waals surface area contributed by atoms with Crippen molar-refractivity contribution in [1.82, 2.24) is 4.90 Å². The van der Waals surface area contributed by atoms with Gasteiger partial charge in [0.05, 0.1) is 6.61 Å². The third-order valence-electron chi connectivity index (χ3n) is 2.67. The molecule has 0 saturated heterocycles. The monoisotopic (exact) mass is 303 g/mol. The highest BCUT2D eigenvalue weighted by molar-refractivity contribution is 5.81. The topological polar surface area (TPSA) is 65.1 Å². The summed E-state index contributed by atoms with van der Waals surface area (Å²) in [6.07, 6.45) is 1.60. The summed E-state index contributed by atoms with van der Waals surface area (Å²) in [5, 5.41) is 0. The predicted molar refractivity (Wildman–Crippen MR) is 79.9 cm³/mol. The van der Waals surface area contributed by atoms with Gasteiger partial charge in [0.2, 0.25) is 0 Å². The number of carbonyl (C=O) groups excluding carboxylic acids is 2. The van der Waals surface area contributed by atoms with Crippen LogP contribution in [0.15, 0.2) is 0 Å². The van der Waals surface area contributed by atoms with E-state index in [0.717, 1.165) is 12.8 Å². The largest absolute Gasteiger partial charge is 0.464 e. The molecule has 0 radical (unpaired) electrons. The van der Waals surface area contributed by atoms with Crippen molar-refractivity contribution in [1.29, 1.82) is 0 Å². The number of rotatable bonds is 8. The summed E-state index contributed by atoms with van der Waals surface area (Å²) in [5.41, 5.74) is -0.631. The van der Waals surface area contributed by atoms with E-state index >= 15 is 0 Å². The van der Waals surface area contributed by atoms with Gasteiger partial charge in [0.15, 0.2) is 0 Å². The molecule has 0 N–H and O–H groups in total. The first-order chi connectivity index (χ1) is 9.76. The maximum atomic E-state index is 12.2. The molecule has 0 rings (SSSR count). The van der Waals surface area contributed by atoms with Gasteiger partial charge in [-0.3, -0.25) is 4.90 Å². The zero-order valence-corrected chi connectivity index (χ0v) is 14.1. The fraction of sp³-hybridized carbons (Fsp3) is 0.867. The molecule has 0 aromatic heterocycles. The molecule has 0 bridgehead atoms. The number of carbonyl (C=O) groups is 2. The lowest BCUT2D eigenvalue weighted by molar-refractivity contribution is -0.152. The molecule has 0 aliphatic rings. The molecule has 0 aromatic rings. The standard InChI is InChI=1S/C15H29NO5/c1-7-9-10-20-13(17)12(8-2)16(11-19-6)14(18)21-15(3,4)5/h12H,7-11H2,1-6H3/t12-/m0/s1. The second kappa shape index (κ2) is 9.60. The lowest BCUT2D eigenvalue weighted by atomic mass is 10.2. The van der Waals surface area contributed by atoms with Crippen LogP contribution >= 0.6 is 0 Å².